The zero-order chi connectivity index (χ0) is 4.24. The van der Waals surface area contributed by atoms with Crippen LogP contribution in [0, 0.1) is 30.1 Å². The minimum Gasteiger partial charge on any atom is 0.0797 e. The van der Waals surface area contributed by atoms with E-state index < -0.39 is 0 Å². The van der Waals surface area contributed by atoms with Crippen LogP contribution < -0.4 is 0 Å². The van der Waals surface area contributed by atoms with Gasteiger partial charge >= 0.3 is 0 Å². The summed E-state index contributed by atoms with van der Waals surface area (Å²) in [6.07, 6.45) is 3.28. The van der Waals surface area contributed by atoms with Gasteiger partial charge in [0.1, 0.15) is 11.8 Å². The van der Waals surface area contributed by atoms with E-state index in [4.69, 9.17) is 0 Å². The summed E-state index contributed by atoms with van der Waals surface area (Å²) >= 11 is 0. The topological polar surface area (TPSA) is 0 Å². The molecule has 0 aromatic carbocycles. The highest BCUT2D eigenvalue weighted by Gasteiger charge is 1.88. The van der Waals surface area contributed by atoms with Crippen LogP contribution in [0.4, 0.5) is 0 Å². The molecule has 25 valence electrons. The van der Waals surface area contributed by atoms with Gasteiger partial charge in [0.15, 0.2) is 6.42 Å². The molecule has 0 fully saturated rings. The normalized spacial score (nSPS) is 12.0. The monoisotopic (exact) mass is 74.0 g/mol. The zero-order valence-electron chi connectivity index (χ0n) is 3.21. The molecule has 0 spiro atoms. The van der Waals surface area contributed by atoms with E-state index in [1.807, 2.05) is 0 Å². The molecule has 0 unspecified atom stereocenters. The molecule has 0 amide bonds. The Morgan fingerprint density at radius 1 is 1.17 bits per heavy atom. The zero-order valence-corrected chi connectivity index (χ0v) is 3.21. The van der Waals surface area contributed by atoms with Gasteiger partial charge in [-0.25, -0.2) is 0 Å². The molecule has 1 aliphatic rings. The van der Waals surface area contributed by atoms with Crippen molar-refractivity contribution in [1.29, 1.82) is 0 Å². The molecule has 0 nitrogen and oxygen atoms in total. The van der Waals surface area contributed by atoms with Gasteiger partial charge in [0.25, 0.3) is 6.42 Å². The SMILES string of the molecule is C1#CCC#C[C+]1. The molecule has 0 heteroatoms. The largest absolute Gasteiger partial charge is 0.263 e. The second kappa shape index (κ2) is 1.43. The third-order valence-electron chi connectivity index (χ3n) is 0.479. The maximum atomic E-state index is 2.75. The van der Waals surface area contributed by atoms with Crippen molar-refractivity contribution in [2.24, 2.45) is 0 Å². The van der Waals surface area contributed by atoms with E-state index in [2.05, 4.69) is 30.1 Å². The van der Waals surface area contributed by atoms with Crippen LogP contribution in [0.15, 0.2) is 0 Å². The van der Waals surface area contributed by atoms with Crippen molar-refractivity contribution in [2.75, 3.05) is 0 Å². The van der Waals surface area contributed by atoms with Crippen LogP contribution in [0.5, 0.6) is 0 Å². The van der Waals surface area contributed by atoms with Crippen LogP contribution in [0.3, 0.4) is 0 Å². The molecule has 1 rings (SSSR count). The van der Waals surface area contributed by atoms with Crippen molar-refractivity contribution < 1.29 is 0 Å². The Bertz CT molecular complexity index is 112. The Morgan fingerprint density at radius 2 is 1.83 bits per heavy atom. The summed E-state index contributed by atoms with van der Waals surface area (Å²) < 4.78 is 0. The standard InChI is InChI=1S/C6H2/c1-2-4-6-5-3-1/h1H2/q+1. The molecule has 0 aromatic heterocycles. The van der Waals surface area contributed by atoms with Gasteiger partial charge in [-0.15, -0.1) is 0 Å². The maximum absolute atomic E-state index is 2.75. The van der Waals surface area contributed by atoms with Gasteiger partial charge < -0.3 is 0 Å². The molecule has 0 saturated heterocycles. The molecular weight excluding hydrogens is 72.1 g/mol. The van der Waals surface area contributed by atoms with Crippen LogP contribution in [0.25, 0.3) is 0 Å². The molecule has 0 aliphatic heterocycles. The highest BCUT2D eigenvalue weighted by Crippen LogP contribution is 1.78. The summed E-state index contributed by atoms with van der Waals surface area (Å²) in [6, 6.07) is 0. The Morgan fingerprint density at radius 3 is 2.00 bits per heavy atom. The summed E-state index contributed by atoms with van der Waals surface area (Å²) in [7, 11) is 0. The molecule has 1 radical (unpaired) electrons. The highest BCUT2D eigenvalue weighted by atomic mass is 13.7. The molecule has 0 aromatic rings. The fourth-order valence-corrected chi connectivity index (χ4v) is 0.252. The summed E-state index contributed by atoms with van der Waals surface area (Å²) in [5.41, 5.74) is 0. The van der Waals surface area contributed by atoms with Gasteiger partial charge in [0.2, 0.25) is 0 Å². The molecule has 0 heterocycles. The maximum Gasteiger partial charge on any atom is 0.263 e. The Kier molecular flexibility index (Phi) is 0.762. The van der Waals surface area contributed by atoms with Crippen molar-refractivity contribution in [3.8, 4) is 23.7 Å². The van der Waals surface area contributed by atoms with Crippen LogP contribution in [-0.4, -0.2) is 0 Å². The molecule has 6 heavy (non-hydrogen) atoms. The summed E-state index contributed by atoms with van der Waals surface area (Å²) in [5.74, 6) is 10.7. The summed E-state index contributed by atoms with van der Waals surface area (Å²) in [6.45, 7) is 0. The Balaban J connectivity index is 2.57. The van der Waals surface area contributed by atoms with E-state index in [0.29, 0.717) is 6.42 Å². The second-order valence-electron chi connectivity index (χ2n) is 0.905. The van der Waals surface area contributed by atoms with Crippen molar-refractivity contribution in [2.45, 2.75) is 6.42 Å². The molecule has 0 saturated carbocycles. The van der Waals surface area contributed by atoms with E-state index in [-0.39, 0.29) is 0 Å². The summed E-state index contributed by atoms with van der Waals surface area (Å²) in [4.78, 5) is 0. The Hall–Kier alpha value is -1.01. The first kappa shape index (κ1) is 3.19. The third kappa shape index (κ3) is 0.476. The van der Waals surface area contributed by atoms with Crippen LogP contribution in [0.2, 0.25) is 0 Å². The minimum absolute atomic E-state index is 0.715. The van der Waals surface area contributed by atoms with E-state index in [1.54, 1.807) is 0 Å². The van der Waals surface area contributed by atoms with Crippen molar-refractivity contribution >= 4 is 0 Å². The molecular formula is C6H2+. The molecule has 0 atom stereocenters. The number of rotatable bonds is 0. The van der Waals surface area contributed by atoms with Gasteiger partial charge in [-0.05, 0) is 0 Å². The van der Waals surface area contributed by atoms with Gasteiger partial charge in [-0.3, -0.25) is 0 Å². The predicted molar refractivity (Wildman–Crippen MR) is 23.4 cm³/mol. The summed E-state index contributed by atoms with van der Waals surface area (Å²) in [5, 5.41) is 0. The lowest BCUT2D eigenvalue weighted by atomic mass is 10.3. The van der Waals surface area contributed by atoms with Crippen molar-refractivity contribution in [1.82, 2.24) is 0 Å². The minimum atomic E-state index is 0.715. The van der Waals surface area contributed by atoms with Crippen LogP contribution >= 0.6 is 0 Å². The Labute approximate surface area is 37.6 Å². The van der Waals surface area contributed by atoms with Gasteiger partial charge in [-0.2, -0.15) is 0 Å². The fraction of sp³-hybridized carbons (Fsp3) is 0.167. The highest BCUT2D eigenvalue weighted by molar-refractivity contribution is 5.32. The van der Waals surface area contributed by atoms with Gasteiger partial charge in [0, 0.05) is 0 Å². The molecule has 1 aliphatic carbocycles. The van der Waals surface area contributed by atoms with Crippen molar-refractivity contribution in [3.05, 3.63) is 6.42 Å². The van der Waals surface area contributed by atoms with Crippen LogP contribution in [0.1, 0.15) is 6.42 Å². The van der Waals surface area contributed by atoms with Gasteiger partial charge in [-0.1, -0.05) is 0 Å². The lowest BCUT2D eigenvalue weighted by Crippen LogP contribution is -1.69. The second-order valence-corrected chi connectivity index (χ2v) is 0.905. The molecule has 0 bridgehead atoms. The fourth-order valence-electron chi connectivity index (χ4n) is 0.252. The molecule has 0 N–H and O–H groups in total. The number of hydrogen-bond donors (Lipinski definition) is 0. The average Bonchev–Trinajstić information content (AvgIpc) is 1.72. The predicted octanol–water partition coefficient (Wildman–Crippen LogP) is 0.478. The van der Waals surface area contributed by atoms with Crippen molar-refractivity contribution in [3.63, 3.8) is 0 Å². The average molecular weight is 74.1 g/mol. The first-order chi connectivity index (χ1) is 3.00. The smallest absolute Gasteiger partial charge is 0.0797 e. The van der Waals surface area contributed by atoms with E-state index in [0.717, 1.165) is 0 Å². The van der Waals surface area contributed by atoms with E-state index in [9.17, 15) is 0 Å². The quantitative estimate of drug-likeness (QED) is 0.289. The van der Waals surface area contributed by atoms with Gasteiger partial charge in [0.05, 0.1) is 11.8 Å². The number of hydrogen-bond acceptors (Lipinski definition) is 0. The lowest BCUT2D eigenvalue weighted by Gasteiger charge is -1.59. The first-order valence-corrected chi connectivity index (χ1v) is 1.71. The lowest BCUT2D eigenvalue weighted by molar-refractivity contribution is 1.54. The third-order valence-corrected chi connectivity index (χ3v) is 0.479. The van der Waals surface area contributed by atoms with E-state index in [1.165, 1.54) is 0 Å². The van der Waals surface area contributed by atoms with Crippen LogP contribution in [-0.2, 0) is 0 Å². The van der Waals surface area contributed by atoms with E-state index >= 15 is 0 Å². The first-order valence-electron chi connectivity index (χ1n) is 1.71.